The van der Waals surface area contributed by atoms with Gasteiger partial charge in [-0.05, 0) is 43.6 Å². The van der Waals surface area contributed by atoms with Gasteiger partial charge in [-0.2, -0.15) is 0 Å². The number of hydrogen-bond acceptors (Lipinski definition) is 2. The molecule has 96 valence electrons. The van der Waals surface area contributed by atoms with Crippen molar-refractivity contribution >= 4 is 22.4 Å². The average Bonchev–Trinajstić information content (AvgIpc) is 2.32. The van der Waals surface area contributed by atoms with Gasteiger partial charge in [0.15, 0.2) is 0 Å². The van der Waals surface area contributed by atoms with E-state index in [9.17, 15) is 4.21 Å². The molecule has 0 spiro atoms. The third kappa shape index (κ3) is 6.81. The first-order chi connectivity index (χ1) is 8.22. The highest BCUT2D eigenvalue weighted by Crippen LogP contribution is 2.11. The summed E-state index contributed by atoms with van der Waals surface area (Å²) in [5.41, 5.74) is 1.09. The van der Waals surface area contributed by atoms with Gasteiger partial charge in [0.1, 0.15) is 0 Å². The molecule has 2 nitrogen and oxygen atoms in total. The van der Waals surface area contributed by atoms with Crippen LogP contribution in [0.25, 0.3) is 0 Å². The first kappa shape index (κ1) is 14.7. The Hall–Kier alpha value is -0.380. The van der Waals surface area contributed by atoms with Crippen LogP contribution < -0.4 is 5.32 Å². The topological polar surface area (TPSA) is 29.1 Å². The van der Waals surface area contributed by atoms with Crippen LogP contribution in [-0.4, -0.2) is 23.1 Å². The van der Waals surface area contributed by atoms with Crippen LogP contribution in [0, 0.1) is 0 Å². The summed E-state index contributed by atoms with van der Waals surface area (Å²) in [6.45, 7) is 4.15. The van der Waals surface area contributed by atoms with Crippen molar-refractivity contribution in [3.8, 4) is 0 Å². The summed E-state index contributed by atoms with van der Waals surface area (Å²) in [6, 6.07) is 7.57. The zero-order valence-corrected chi connectivity index (χ0v) is 11.8. The summed E-state index contributed by atoms with van der Waals surface area (Å²) in [4.78, 5) is 0. The molecule has 0 aliphatic heterocycles. The van der Waals surface area contributed by atoms with Gasteiger partial charge in [-0.3, -0.25) is 4.21 Å². The predicted octanol–water partition coefficient (Wildman–Crippen LogP) is 2.98. The first-order valence-electron chi connectivity index (χ1n) is 6.02. The van der Waals surface area contributed by atoms with Gasteiger partial charge < -0.3 is 5.32 Å². The molecule has 4 heteroatoms. The Bertz CT molecular complexity index is 340. The van der Waals surface area contributed by atoms with Crippen molar-refractivity contribution in [1.29, 1.82) is 0 Å². The highest BCUT2D eigenvalue weighted by Gasteiger charge is 2.01. The van der Waals surface area contributed by atoms with Crippen LogP contribution in [0.4, 0.5) is 0 Å². The molecular weight excluding hydrogens is 254 g/mol. The molecule has 1 rings (SSSR count). The van der Waals surface area contributed by atoms with Gasteiger partial charge in [-0.15, -0.1) is 0 Å². The first-order valence-corrected chi connectivity index (χ1v) is 7.89. The summed E-state index contributed by atoms with van der Waals surface area (Å²) < 4.78 is 11.8. The minimum absolute atomic E-state index is 0.630. The van der Waals surface area contributed by atoms with E-state index in [0.29, 0.717) is 5.75 Å². The molecular formula is C13H20ClNOS. The van der Waals surface area contributed by atoms with Crippen molar-refractivity contribution in [3.63, 3.8) is 0 Å². The lowest BCUT2D eigenvalue weighted by molar-refractivity contribution is 0.652. The zero-order valence-electron chi connectivity index (χ0n) is 10.2. The van der Waals surface area contributed by atoms with E-state index in [1.165, 1.54) is 0 Å². The molecule has 17 heavy (non-hydrogen) atoms. The monoisotopic (exact) mass is 273 g/mol. The lowest BCUT2D eigenvalue weighted by Crippen LogP contribution is -2.18. The maximum atomic E-state index is 11.8. The standard InChI is InChI=1S/C13H20ClNOS/c1-2-8-15-9-3-10-17(16)11-12-4-6-13(14)7-5-12/h4-7,15H,2-3,8-11H2,1H3. The molecule has 0 amide bonds. The van der Waals surface area contributed by atoms with E-state index in [0.717, 1.165) is 42.3 Å². The number of rotatable bonds is 8. The fourth-order valence-corrected chi connectivity index (χ4v) is 2.80. The van der Waals surface area contributed by atoms with E-state index in [1.807, 2.05) is 24.3 Å². The van der Waals surface area contributed by atoms with Crippen LogP contribution in [0.3, 0.4) is 0 Å². The third-order valence-corrected chi connectivity index (χ3v) is 4.04. The van der Waals surface area contributed by atoms with Crippen molar-refractivity contribution < 1.29 is 4.21 Å². The molecule has 0 saturated heterocycles. The Balaban J connectivity index is 2.18. The summed E-state index contributed by atoms with van der Waals surface area (Å²) in [7, 11) is -0.766. The minimum Gasteiger partial charge on any atom is -0.317 e. The second-order valence-electron chi connectivity index (χ2n) is 4.02. The Morgan fingerprint density at radius 3 is 2.59 bits per heavy atom. The van der Waals surface area contributed by atoms with Crippen LogP contribution in [0.1, 0.15) is 25.3 Å². The van der Waals surface area contributed by atoms with Gasteiger partial charge in [-0.25, -0.2) is 0 Å². The van der Waals surface area contributed by atoms with Crippen molar-refractivity contribution in [2.24, 2.45) is 0 Å². The Labute approximate surface area is 111 Å². The van der Waals surface area contributed by atoms with Crippen LogP contribution in [-0.2, 0) is 16.6 Å². The Morgan fingerprint density at radius 1 is 1.24 bits per heavy atom. The van der Waals surface area contributed by atoms with Crippen LogP contribution in [0.5, 0.6) is 0 Å². The van der Waals surface area contributed by atoms with E-state index in [1.54, 1.807) is 0 Å². The number of hydrogen-bond donors (Lipinski definition) is 1. The molecule has 0 heterocycles. The molecule has 0 saturated carbocycles. The average molecular weight is 274 g/mol. The largest absolute Gasteiger partial charge is 0.317 e. The van der Waals surface area contributed by atoms with Gasteiger partial charge in [0.05, 0.1) is 0 Å². The molecule has 0 aliphatic rings. The van der Waals surface area contributed by atoms with E-state index in [4.69, 9.17) is 11.6 Å². The van der Waals surface area contributed by atoms with Gasteiger partial charge in [0.2, 0.25) is 0 Å². The van der Waals surface area contributed by atoms with Gasteiger partial charge in [-0.1, -0.05) is 30.7 Å². The van der Waals surface area contributed by atoms with Gasteiger partial charge in [0, 0.05) is 27.3 Å². The van der Waals surface area contributed by atoms with Crippen LogP contribution in [0.15, 0.2) is 24.3 Å². The Morgan fingerprint density at radius 2 is 1.94 bits per heavy atom. The Kier molecular flexibility index (Phi) is 7.49. The minimum atomic E-state index is -0.766. The smallest absolute Gasteiger partial charge is 0.0485 e. The molecule has 0 radical (unpaired) electrons. The molecule has 1 unspecified atom stereocenters. The number of halogens is 1. The van der Waals surface area contributed by atoms with E-state index in [-0.39, 0.29) is 0 Å². The summed E-state index contributed by atoms with van der Waals surface area (Å²) in [6.07, 6.45) is 2.12. The van der Waals surface area contributed by atoms with Crippen molar-refractivity contribution in [2.75, 3.05) is 18.8 Å². The van der Waals surface area contributed by atoms with Crippen LogP contribution in [0.2, 0.25) is 5.02 Å². The lowest BCUT2D eigenvalue weighted by Gasteiger charge is -2.04. The van der Waals surface area contributed by atoms with Gasteiger partial charge in [0.25, 0.3) is 0 Å². The second kappa shape index (κ2) is 8.67. The van der Waals surface area contributed by atoms with E-state index in [2.05, 4.69) is 12.2 Å². The third-order valence-electron chi connectivity index (χ3n) is 2.39. The number of benzene rings is 1. The van der Waals surface area contributed by atoms with Crippen molar-refractivity contribution in [1.82, 2.24) is 5.32 Å². The zero-order chi connectivity index (χ0) is 12.5. The normalized spacial score (nSPS) is 12.6. The summed E-state index contributed by atoms with van der Waals surface area (Å²) in [5, 5.41) is 4.04. The fraction of sp³-hybridized carbons (Fsp3) is 0.538. The quantitative estimate of drug-likeness (QED) is 0.738. The maximum absolute atomic E-state index is 11.8. The van der Waals surface area contributed by atoms with E-state index < -0.39 is 10.8 Å². The highest BCUT2D eigenvalue weighted by atomic mass is 35.5. The lowest BCUT2D eigenvalue weighted by atomic mass is 10.2. The van der Waals surface area contributed by atoms with Crippen LogP contribution >= 0.6 is 11.6 Å². The molecule has 0 bridgehead atoms. The molecule has 1 N–H and O–H groups in total. The molecule has 0 fully saturated rings. The molecule has 1 aromatic carbocycles. The molecule has 1 atom stereocenters. The fourth-order valence-electron chi connectivity index (χ4n) is 1.50. The van der Waals surface area contributed by atoms with Crippen molar-refractivity contribution in [3.05, 3.63) is 34.9 Å². The highest BCUT2D eigenvalue weighted by molar-refractivity contribution is 7.84. The summed E-state index contributed by atoms with van der Waals surface area (Å²) >= 11 is 5.80. The molecule has 1 aromatic rings. The second-order valence-corrected chi connectivity index (χ2v) is 6.03. The van der Waals surface area contributed by atoms with Gasteiger partial charge >= 0.3 is 0 Å². The van der Waals surface area contributed by atoms with E-state index >= 15 is 0 Å². The number of nitrogens with one attached hydrogen (secondary N) is 1. The molecule has 0 aromatic heterocycles. The molecule has 0 aliphatic carbocycles. The SMILES string of the molecule is CCCNCCCS(=O)Cc1ccc(Cl)cc1. The maximum Gasteiger partial charge on any atom is 0.0485 e. The predicted molar refractivity (Wildman–Crippen MR) is 75.9 cm³/mol. The van der Waals surface area contributed by atoms with Crippen molar-refractivity contribution in [2.45, 2.75) is 25.5 Å². The summed E-state index contributed by atoms with van der Waals surface area (Å²) in [5.74, 6) is 1.39.